The van der Waals surface area contributed by atoms with Crippen molar-refractivity contribution in [2.45, 2.75) is 13.0 Å². The van der Waals surface area contributed by atoms with Crippen molar-refractivity contribution in [3.05, 3.63) is 53.9 Å². The average molecular weight is 354 g/mol. The van der Waals surface area contributed by atoms with Crippen molar-refractivity contribution in [1.82, 2.24) is 19.6 Å². The van der Waals surface area contributed by atoms with Gasteiger partial charge in [-0.15, -0.1) is 0 Å². The van der Waals surface area contributed by atoms with Gasteiger partial charge in [0.15, 0.2) is 0 Å². The fraction of sp³-hybridized carbons (Fsp3) is 0.500. The first kappa shape index (κ1) is 17.2. The Hall–Kier alpha value is -2.18. The number of aromatic nitrogens is 2. The standard InChI is InChI=1S/C20H26N4O2/c1-22-18(7-9-21-22)19(26)24-10-8-17-12-23(13-20(17,14-24)15-25)11-16-5-3-2-4-6-16/h2-7,9,17,25H,8,10-15H2,1H3/t17-,20-/m0/s1. The van der Waals surface area contributed by atoms with Crippen LogP contribution in [-0.2, 0) is 13.6 Å². The molecule has 0 saturated carbocycles. The molecule has 2 atom stereocenters. The van der Waals surface area contributed by atoms with E-state index in [1.807, 2.05) is 11.0 Å². The summed E-state index contributed by atoms with van der Waals surface area (Å²) in [5, 5.41) is 14.3. The highest BCUT2D eigenvalue weighted by molar-refractivity contribution is 5.92. The van der Waals surface area contributed by atoms with E-state index >= 15 is 0 Å². The predicted octanol–water partition coefficient (Wildman–Crippen LogP) is 1.38. The van der Waals surface area contributed by atoms with E-state index in [2.05, 4.69) is 34.3 Å². The largest absolute Gasteiger partial charge is 0.396 e. The second-order valence-electron chi connectivity index (χ2n) is 7.73. The van der Waals surface area contributed by atoms with Crippen molar-refractivity contribution in [2.75, 3.05) is 32.8 Å². The Kier molecular flexibility index (Phi) is 4.54. The van der Waals surface area contributed by atoms with Crippen LogP contribution < -0.4 is 0 Å². The van der Waals surface area contributed by atoms with E-state index in [1.165, 1.54) is 5.56 Å². The van der Waals surface area contributed by atoms with Crippen LogP contribution in [0, 0.1) is 11.3 Å². The summed E-state index contributed by atoms with van der Waals surface area (Å²) in [7, 11) is 1.79. The number of carbonyl (C=O) groups excluding carboxylic acids is 1. The molecule has 3 heterocycles. The van der Waals surface area contributed by atoms with E-state index in [1.54, 1.807) is 24.0 Å². The maximum atomic E-state index is 12.9. The van der Waals surface area contributed by atoms with Gasteiger partial charge in [-0.25, -0.2) is 0 Å². The highest BCUT2D eigenvalue weighted by Gasteiger charge is 2.50. The molecule has 6 heteroatoms. The highest BCUT2D eigenvalue weighted by atomic mass is 16.3. The van der Waals surface area contributed by atoms with E-state index in [4.69, 9.17) is 0 Å². The zero-order valence-electron chi connectivity index (χ0n) is 15.2. The molecule has 26 heavy (non-hydrogen) atoms. The van der Waals surface area contributed by atoms with Gasteiger partial charge in [0.05, 0.1) is 6.61 Å². The Bertz CT molecular complexity index is 775. The first-order valence-corrected chi connectivity index (χ1v) is 9.26. The highest BCUT2D eigenvalue weighted by Crippen LogP contribution is 2.42. The summed E-state index contributed by atoms with van der Waals surface area (Å²) < 4.78 is 1.62. The first-order valence-electron chi connectivity index (χ1n) is 9.26. The zero-order valence-corrected chi connectivity index (χ0v) is 15.2. The Morgan fingerprint density at radius 1 is 1.27 bits per heavy atom. The van der Waals surface area contributed by atoms with Gasteiger partial charge in [-0.05, 0) is 24.0 Å². The van der Waals surface area contributed by atoms with Crippen molar-refractivity contribution in [1.29, 1.82) is 0 Å². The number of piperidine rings is 1. The van der Waals surface area contributed by atoms with Gasteiger partial charge in [0.1, 0.15) is 5.69 Å². The third-order valence-electron chi connectivity index (χ3n) is 6.03. The number of carbonyl (C=O) groups is 1. The minimum absolute atomic E-state index is 0.0118. The number of rotatable bonds is 4. The maximum absolute atomic E-state index is 12.9. The summed E-state index contributed by atoms with van der Waals surface area (Å²) in [5.41, 5.74) is 1.68. The van der Waals surface area contributed by atoms with Crippen molar-refractivity contribution in [3.63, 3.8) is 0 Å². The molecular formula is C20H26N4O2. The van der Waals surface area contributed by atoms with Crippen LogP contribution in [0.4, 0.5) is 0 Å². The number of fused-ring (bicyclic) bond motifs is 1. The summed E-state index contributed by atoms with van der Waals surface area (Å²) in [6.45, 7) is 4.20. The lowest BCUT2D eigenvalue weighted by molar-refractivity contribution is 0.0112. The van der Waals surface area contributed by atoms with Crippen LogP contribution in [0.25, 0.3) is 0 Å². The fourth-order valence-corrected chi connectivity index (χ4v) is 4.60. The number of aliphatic hydroxyl groups is 1. The first-order chi connectivity index (χ1) is 12.6. The molecule has 2 aliphatic rings. The molecule has 2 fully saturated rings. The molecule has 0 bridgehead atoms. The summed E-state index contributed by atoms with van der Waals surface area (Å²) >= 11 is 0. The van der Waals surface area contributed by atoms with Crippen molar-refractivity contribution in [2.24, 2.45) is 18.4 Å². The molecule has 1 aromatic carbocycles. The van der Waals surface area contributed by atoms with Crippen LogP contribution in [-0.4, -0.2) is 63.4 Å². The minimum atomic E-state index is -0.221. The van der Waals surface area contributed by atoms with Crippen LogP contribution in [0.5, 0.6) is 0 Å². The lowest BCUT2D eigenvalue weighted by Gasteiger charge is -2.43. The van der Waals surface area contributed by atoms with Crippen molar-refractivity contribution < 1.29 is 9.90 Å². The predicted molar refractivity (Wildman–Crippen MR) is 98.5 cm³/mol. The molecule has 4 rings (SSSR count). The summed E-state index contributed by atoms with van der Waals surface area (Å²) in [6.07, 6.45) is 2.59. The second-order valence-corrected chi connectivity index (χ2v) is 7.73. The number of aryl methyl sites for hydroxylation is 1. The van der Waals surface area contributed by atoms with Crippen molar-refractivity contribution in [3.8, 4) is 0 Å². The van der Waals surface area contributed by atoms with E-state index in [9.17, 15) is 9.90 Å². The lowest BCUT2D eigenvalue weighted by atomic mass is 9.74. The topological polar surface area (TPSA) is 61.6 Å². The van der Waals surface area contributed by atoms with Gasteiger partial charge in [-0.3, -0.25) is 14.4 Å². The third kappa shape index (κ3) is 3.04. The molecular weight excluding hydrogens is 328 g/mol. The van der Waals surface area contributed by atoms with Crippen LogP contribution in [0.2, 0.25) is 0 Å². The molecule has 0 radical (unpaired) electrons. The number of likely N-dealkylation sites (tertiary alicyclic amines) is 2. The molecule has 2 aromatic rings. The normalized spacial score (nSPS) is 26.1. The van der Waals surface area contributed by atoms with Crippen LogP contribution in [0.15, 0.2) is 42.6 Å². The van der Waals surface area contributed by atoms with E-state index in [-0.39, 0.29) is 17.9 Å². The molecule has 0 aliphatic carbocycles. The molecule has 1 aromatic heterocycles. The van der Waals surface area contributed by atoms with Gasteiger partial charge in [0.2, 0.25) is 0 Å². The zero-order chi connectivity index (χ0) is 18.1. The maximum Gasteiger partial charge on any atom is 0.272 e. The lowest BCUT2D eigenvalue weighted by Crippen LogP contribution is -2.52. The number of amides is 1. The molecule has 6 nitrogen and oxygen atoms in total. The van der Waals surface area contributed by atoms with Gasteiger partial charge in [0, 0.05) is 51.4 Å². The van der Waals surface area contributed by atoms with Crippen LogP contribution in [0.1, 0.15) is 22.5 Å². The van der Waals surface area contributed by atoms with E-state index in [0.717, 1.165) is 32.6 Å². The van der Waals surface area contributed by atoms with Gasteiger partial charge in [0.25, 0.3) is 5.91 Å². The molecule has 0 unspecified atom stereocenters. The van der Waals surface area contributed by atoms with Crippen LogP contribution in [0.3, 0.4) is 0 Å². The molecule has 138 valence electrons. The molecule has 2 aliphatic heterocycles. The molecule has 1 N–H and O–H groups in total. The van der Waals surface area contributed by atoms with Crippen LogP contribution >= 0.6 is 0 Å². The Balaban J connectivity index is 1.49. The molecule has 0 spiro atoms. The smallest absolute Gasteiger partial charge is 0.272 e. The summed E-state index contributed by atoms with van der Waals surface area (Å²) in [4.78, 5) is 17.2. The second kappa shape index (κ2) is 6.85. The Labute approximate surface area is 154 Å². The fourth-order valence-electron chi connectivity index (χ4n) is 4.60. The average Bonchev–Trinajstić information content (AvgIpc) is 3.24. The third-order valence-corrected chi connectivity index (χ3v) is 6.03. The molecule has 1 amide bonds. The van der Waals surface area contributed by atoms with Gasteiger partial charge in [-0.1, -0.05) is 30.3 Å². The molecule has 2 saturated heterocycles. The van der Waals surface area contributed by atoms with Crippen molar-refractivity contribution >= 4 is 5.91 Å². The van der Waals surface area contributed by atoms with Gasteiger partial charge >= 0.3 is 0 Å². The summed E-state index contributed by atoms with van der Waals surface area (Å²) in [5.74, 6) is 0.449. The van der Waals surface area contributed by atoms with E-state index in [0.29, 0.717) is 18.2 Å². The minimum Gasteiger partial charge on any atom is -0.396 e. The Morgan fingerprint density at radius 3 is 2.77 bits per heavy atom. The van der Waals surface area contributed by atoms with Gasteiger partial charge in [-0.2, -0.15) is 5.10 Å². The SMILES string of the molecule is Cn1nccc1C(=O)N1CC[C@H]2CN(Cc3ccccc3)C[C@@]2(CO)C1. The number of hydrogen-bond donors (Lipinski definition) is 1. The van der Waals surface area contributed by atoms with Gasteiger partial charge < -0.3 is 10.0 Å². The monoisotopic (exact) mass is 354 g/mol. The summed E-state index contributed by atoms with van der Waals surface area (Å²) in [6, 6.07) is 12.2. The number of aliphatic hydroxyl groups excluding tert-OH is 1. The van der Waals surface area contributed by atoms with E-state index < -0.39 is 0 Å². The number of nitrogens with zero attached hydrogens (tertiary/aromatic N) is 4. The number of benzene rings is 1. The number of hydrogen-bond acceptors (Lipinski definition) is 4. The quantitative estimate of drug-likeness (QED) is 0.901. The Morgan fingerprint density at radius 2 is 2.08 bits per heavy atom.